The molecule has 0 aliphatic heterocycles. The van der Waals surface area contributed by atoms with Crippen LogP contribution in [0.3, 0.4) is 0 Å². The summed E-state index contributed by atoms with van der Waals surface area (Å²) in [5.74, 6) is 3.09. The molecule has 7 heteroatoms. The highest BCUT2D eigenvalue weighted by atomic mass is 15.3. The van der Waals surface area contributed by atoms with Gasteiger partial charge >= 0.3 is 0 Å². The van der Waals surface area contributed by atoms with Gasteiger partial charge in [0, 0.05) is 50.8 Å². The van der Waals surface area contributed by atoms with Crippen molar-refractivity contribution in [3.8, 4) is 40.1 Å². The zero-order chi connectivity index (χ0) is 32.3. The van der Waals surface area contributed by atoms with Crippen molar-refractivity contribution in [1.29, 1.82) is 0 Å². The molecule has 0 aliphatic rings. The summed E-state index contributed by atoms with van der Waals surface area (Å²) in [7, 11) is 0. The average molecular weight is 630 g/mol. The van der Waals surface area contributed by atoms with Crippen LogP contribution in [0, 0.1) is 0 Å². The second-order valence-corrected chi connectivity index (χ2v) is 12.1. The minimum atomic E-state index is 0.703. The van der Waals surface area contributed by atoms with E-state index in [0.717, 1.165) is 50.5 Å². The van der Waals surface area contributed by atoms with Gasteiger partial charge in [-0.1, -0.05) is 91.0 Å². The first kappa shape index (κ1) is 27.3. The lowest BCUT2D eigenvalue weighted by Crippen LogP contribution is -2.02. The highest BCUT2D eigenvalue weighted by Crippen LogP contribution is 2.34. The fraction of sp³-hybridized carbons (Fsp3) is 0. The fourth-order valence-electron chi connectivity index (χ4n) is 7.12. The molecule has 10 aromatic rings. The first-order chi connectivity index (χ1) is 24.3. The third-order valence-corrected chi connectivity index (χ3v) is 9.31. The molecule has 10 rings (SSSR count). The molecule has 0 bridgehead atoms. The number of fused-ring (bicyclic) bond motifs is 6. The number of para-hydroxylation sites is 5. The summed E-state index contributed by atoms with van der Waals surface area (Å²) < 4.78 is 6.51. The lowest BCUT2D eigenvalue weighted by atomic mass is 10.2. The number of hydrogen-bond donors (Lipinski definition) is 0. The zero-order valence-corrected chi connectivity index (χ0v) is 26.2. The molecule has 0 atom stereocenters. The topological polar surface area (TPSA) is 66.3 Å². The molecular formula is C42H27N7. The average Bonchev–Trinajstić information content (AvgIpc) is 3.86. The molecule has 5 heterocycles. The molecule has 7 nitrogen and oxygen atoms in total. The number of hydrogen-bond acceptors (Lipinski definition) is 4. The molecule has 0 amide bonds. The van der Waals surface area contributed by atoms with Crippen LogP contribution in [0.1, 0.15) is 0 Å². The third kappa shape index (κ3) is 4.22. The molecule has 49 heavy (non-hydrogen) atoms. The van der Waals surface area contributed by atoms with Gasteiger partial charge in [-0.2, -0.15) is 0 Å². The summed E-state index contributed by atoms with van der Waals surface area (Å²) in [6.45, 7) is 0. The van der Waals surface area contributed by atoms with Crippen molar-refractivity contribution < 1.29 is 0 Å². The van der Waals surface area contributed by atoms with Gasteiger partial charge in [-0.05, 0) is 60.7 Å². The van der Waals surface area contributed by atoms with Crippen molar-refractivity contribution in [1.82, 2.24) is 33.9 Å². The summed E-state index contributed by atoms with van der Waals surface area (Å²) in [6, 6.07) is 52.3. The maximum absolute atomic E-state index is 4.97. The molecule has 0 unspecified atom stereocenters. The molecule has 0 radical (unpaired) electrons. The number of aromatic nitrogens is 7. The van der Waals surface area contributed by atoms with Gasteiger partial charge in [0.05, 0.1) is 22.1 Å². The fourth-order valence-corrected chi connectivity index (χ4v) is 7.12. The molecule has 230 valence electrons. The summed E-state index contributed by atoms with van der Waals surface area (Å²) in [6.07, 6.45) is 3.77. The molecule has 0 saturated heterocycles. The highest BCUT2D eigenvalue weighted by molar-refractivity contribution is 6.10. The predicted molar refractivity (Wildman–Crippen MR) is 196 cm³/mol. The van der Waals surface area contributed by atoms with Crippen LogP contribution in [0.4, 0.5) is 0 Å². The first-order valence-electron chi connectivity index (χ1n) is 16.2. The molecule has 0 N–H and O–H groups in total. The maximum Gasteiger partial charge on any atom is 0.170 e. The van der Waals surface area contributed by atoms with Crippen molar-refractivity contribution in [2.75, 3.05) is 0 Å². The smallest absolute Gasteiger partial charge is 0.170 e. The number of pyridine rings is 2. The van der Waals surface area contributed by atoms with Crippen molar-refractivity contribution in [3.63, 3.8) is 0 Å². The Kier molecular flexibility index (Phi) is 6.04. The summed E-state index contributed by atoms with van der Waals surface area (Å²) in [5.41, 5.74) is 7.16. The van der Waals surface area contributed by atoms with Crippen LogP contribution in [0.2, 0.25) is 0 Å². The lowest BCUT2D eigenvalue weighted by molar-refractivity contribution is 1.04. The van der Waals surface area contributed by atoms with E-state index in [1.165, 1.54) is 21.5 Å². The predicted octanol–water partition coefficient (Wildman–Crippen LogP) is 9.59. The van der Waals surface area contributed by atoms with Crippen LogP contribution >= 0.6 is 0 Å². The van der Waals surface area contributed by atoms with E-state index in [0.29, 0.717) is 11.6 Å². The summed E-state index contributed by atoms with van der Waals surface area (Å²) in [5, 5.41) is 14.3. The van der Waals surface area contributed by atoms with Crippen LogP contribution in [-0.2, 0) is 0 Å². The molecule has 0 saturated carbocycles. The molecule has 5 aromatic heterocycles. The minimum absolute atomic E-state index is 0.703. The Morgan fingerprint density at radius 3 is 1.06 bits per heavy atom. The van der Waals surface area contributed by atoms with Gasteiger partial charge < -0.3 is 0 Å². The standard InChI is InChI=1S/C42H27N7/c1-2-12-30(13-3-1)47-41(28-22-24-39(43-26-28)48-35-18-8-4-14-31(35)32-15-5-9-19-36(32)48)45-46-42(47)29-23-25-40(44-27-29)49-37-20-10-6-16-33(37)34-17-7-11-21-38(34)49/h1-27H. The molecule has 0 aliphatic carbocycles. The van der Waals surface area contributed by atoms with Crippen LogP contribution in [-0.4, -0.2) is 33.9 Å². The summed E-state index contributed by atoms with van der Waals surface area (Å²) >= 11 is 0. The highest BCUT2D eigenvalue weighted by Gasteiger charge is 2.20. The van der Waals surface area contributed by atoms with Gasteiger partial charge in [0.25, 0.3) is 0 Å². The number of benzene rings is 5. The number of nitrogens with zero attached hydrogens (tertiary/aromatic N) is 7. The molecule has 0 fully saturated rings. The van der Waals surface area contributed by atoms with Gasteiger partial charge in [-0.15, -0.1) is 10.2 Å². The van der Waals surface area contributed by atoms with E-state index in [1.54, 1.807) is 0 Å². The SMILES string of the molecule is c1ccc(-n2c(-c3ccc(-n4c5ccccc5c5ccccc54)nc3)nnc2-c2ccc(-n3c4ccccc4c4ccccc43)nc2)cc1. The van der Waals surface area contributed by atoms with E-state index < -0.39 is 0 Å². The Morgan fingerprint density at radius 1 is 0.327 bits per heavy atom. The van der Waals surface area contributed by atoms with Crippen molar-refractivity contribution >= 4 is 43.6 Å². The second-order valence-electron chi connectivity index (χ2n) is 12.1. The normalized spacial score (nSPS) is 11.7. The van der Waals surface area contributed by atoms with Gasteiger partial charge in [0.2, 0.25) is 0 Å². The van der Waals surface area contributed by atoms with Gasteiger partial charge in [0.1, 0.15) is 11.6 Å². The van der Waals surface area contributed by atoms with Crippen molar-refractivity contribution in [2.45, 2.75) is 0 Å². The largest absolute Gasteiger partial charge is 0.294 e. The van der Waals surface area contributed by atoms with Crippen LogP contribution in [0.15, 0.2) is 164 Å². The first-order valence-corrected chi connectivity index (χ1v) is 16.2. The molecular weight excluding hydrogens is 603 g/mol. The quantitative estimate of drug-likeness (QED) is 0.190. The van der Waals surface area contributed by atoms with E-state index >= 15 is 0 Å². The monoisotopic (exact) mass is 629 g/mol. The number of rotatable bonds is 5. The lowest BCUT2D eigenvalue weighted by Gasteiger charge is -2.12. The maximum atomic E-state index is 4.97. The Balaban J connectivity index is 1.08. The molecule has 0 spiro atoms. The Labute approximate surface area is 281 Å². The van der Waals surface area contributed by atoms with E-state index in [4.69, 9.17) is 20.2 Å². The third-order valence-electron chi connectivity index (χ3n) is 9.31. The van der Waals surface area contributed by atoms with Gasteiger partial charge in [-0.25, -0.2) is 9.97 Å². The molecule has 5 aromatic carbocycles. The van der Waals surface area contributed by atoms with E-state index in [-0.39, 0.29) is 0 Å². The van der Waals surface area contributed by atoms with E-state index in [1.807, 2.05) is 30.6 Å². The van der Waals surface area contributed by atoms with Crippen LogP contribution in [0.5, 0.6) is 0 Å². The minimum Gasteiger partial charge on any atom is -0.294 e. The Hall–Kier alpha value is -6.86. The second kappa shape index (κ2) is 10.9. The Morgan fingerprint density at radius 2 is 0.694 bits per heavy atom. The van der Waals surface area contributed by atoms with Crippen LogP contribution in [0.25, 0.3) is 83.7 Å². The van der Waals surface area contributed by atoms with E-state index in [9.17, 15) is 0 Å². The van der Waals surface area contributed by atoms with E-state index in [2.05, 4.69) is 147 Å². The van der Waals surface area contributed by atoms with Crippen molar-refractivity contribution in [2.24, 2.45) is 0 Å². The summed E-state index contributed by atoms with van der Waals surface area (Å²) in [4.78, 5) is 9.94. The zero-order valence-electron chi connectivity index (χ0n) is 26.2. The van der Waals surface area contributed by atoms with Gasteiger partial charge in [0.15, 0.2) is 11.6 Å². The van der Waals surface area contributed by atoms with Crippen LogP contribution < -0.4 is 0 Å². The van der Waals surface area contributed by atoms with Gasteiger partial charge in [-0.3, -0.25) is 13.7 Å². The Bertz CT molecular complexity index is 2530. The van der Waals surface area contributed by atoms with Crippen molar-refractivity contribution in [3.05, 3.63) is 164 Å².